The number of benzene rings is 9. The second-order valence-corrected chi connectivity index (χ2v) is 16.6. The molecule has 1 aliphatic rings. The maximum absolute atomic E-state index is 5.34. The lowest BCUT2D eigenvalue weighted by Gasteiger charge is -2.22. The first-order valence-corrected chi connectivity index (χ1v) is 21.1. The van der Waals surface area contributed by atoms with Gasteiger partial charge in [0.05, 0.1) is 11.4 Å². The minimum atomic E-state index is -0.112. The van der Waals surface area contributed by atoms with Gasteiger partial charge in [-0.05, 0) is 102 Å². The Kier molecular flexibility index (Phi) is 8.86. The summed E-state index contributed by atoms with van der Waals surface area (Å²) < 4.78 is 0. The zero-order valence-electron chi connectivity index (χ0n) is 34.2. The van der Waals surface area contributed by atoms with Crippen molar-refractivity contribution in [2.45, 2.75) is 19.3 Å². The van der Waals surface area contributed by atoms with E-state index < -0.39 is 0 Å². The van der Waals surface area contributed by atoms with Gasteiger partial charge in [-0.25, -0.2) is 9.97 Å². The Balaban J connectivity index is 1.03. The van der Waals surface area contributed by atoms with Gasteiger partial charge in [0.1, 0.15) is 0 Å². The minimum Gasteiger partial charge on any atom is -0.228 e. The Bertz CT molecular complexity index is 3130. The van der Waals surface area contributed by atoms with E-state index in [1.54, 1.807) is 0 Å². The fraction of sp³-hybridized carbons (Fsp3) is 0.0508. The summed E-state index contributed by atoms with van der Waals surface area (Å²) in [5.41, 5.74) is 19.5. The molecule has 0 radical (unpaired) electrons. The van der Waals surface area contributed by atoms with Crippen LogP contribution in [0.4, 0.5) is 0 Å². The number of hydrogen-bond donors (Lipinski definition) is 0. The van der Waals surface area contributed by atoms with E-state index in [9.17, 15) is 0 Å². The molecule has 2 heteroatoms. The molecule has 11 rings (SSSR count). The maximum Gasteiger partial charge on any atom is 0.161 e. The molecule has 0 amide bonds. The molecule has 10 aromatic rings. The molecule has 0 N–H and O–H groups in total. The molecule has 61 heavy (non-hydrogen) atoms. The van der Waals surface area contributed by atoms with Crippen molar-refractivity contribution in [2.75, 3.05) is 0 Å². The van der Waals surface area contributed by atoms with Crippen LogP contribution in [0, 0.1) is 0 Å². The first kappa shape index (κ1) is 36.4. The molecule has 0 spiro atoms. The Labute approximate surface area is 357 Å². The summed E-state index contributed by atoms with van der Waals surface area (Å²) in [5.74, 6) is 0.691. The highest BCUT2D eigenvalue weighted by atomic mass is 14.9. The third-order valence-corrected chi connectivity index (χ3v) is 12.5. The van der Waals surface area contributed by atoms with Gasteiger partial charge >= 0.3 is 0 Å². The molecule has 288 valence electrons. The summed E-state index contributed by atoms with van der Waals surface area (Å²) in [5, 5.41) is 2.55. The van der Waals surface area contributed by atoms with E-state index in [0.29, 0.717) is 5.82 Å². The van der Waals surface area contributed by atoms with Crippen molar-refractivity contribution in [3.63, 3.8) is 0 Å². The first-order chi connectivity index (χ1) is 30.0. The largest absolute Gasteiger partial charge is 0.228 e. The fourth-order valence-corrected chi connectivity index (χ4v) is 9.29. The van der Waals surface area contributed by atoms with E-state index >= 15 is 0 Å². The van der Waals surface area contributed by atoms with Crippen LogP contribution < -0.4 is 0 Å². The van der Waals surface area contributed by atoms with Crippen LogP contribution in [0.15, 0.2) is 218 Å². The summed E-state index contributed by atoms with van der Waals surface area (Å²) in [6.45, 7) is 4.72. The van der Waals surface area contributed by atoms with Crippen molar-refractivity contribution in [2.24, 2.45) is 0 Å². The molecule has 0 saturated carbocycles. The Morgan fingerprint density at radius 3 is 1.34 bits per heavy atom. The molecule has 1 aromatic heterocycles. The van der Waals surface area contributed by atoms with Crippen molar-refractivity contribution in [3.05, 3.63) is 230 Å². The summed E-state index contributed by atoms with van der Waals surface area (Å²) in [6.07, 6.45) is 0. The summed E-state index contributed by atoms with van der Waals surface area (Å²) in [7, 11) is 0. The van der Waals surface area contributed by atoms with Crippen molar-refractivity contribution < 1.29 is 0 Å². The minimum absolute atomic E-state index is 0.112. The van der Waals surface area contributed by atoms with E-state index in [2.05, 4.69) is 232 Å². The molecular formula is C59H42N2. The van der Waals surface area contributed by atoms with Crippen LogP contribution >= 0.6 is 0 Å². The van der Waals surface area contributed by atoms with E-state index in [4.69, 9.17) is 9.97 Å². The third-order valence-electron chi connectivity index (χ3n) is 12.5. The summed E-state index contributed by atoms with van der Waals surface area (Å²) >= 11 is 0. The smallest absolute Gasteiger partial charge is 0.161 e. The van der Waals surface area contributed by atoms with Gasteiger partial charge < -0.3 is 0 Å². The number of rotatable bonds is 7. The Hall–Kier alpha value is -7.68. The number of hydrogen-bond acceptors (Lipinski definition) is 2. The SMILES string of the molecule is CC1(C)c2cc3ccccc3cc2-c2c(-c3cccc(-c4ccccc4-c4nc(-c5ccc(-c6ccccc6)cc5)cc(-c5ccc(-c6ccccc6)cc5)n4)c3)cccc21. The quantitative estimate of drug-likeness (QED) is 0.161. The van der Waals surface area contributed by atoms with Crippen LogP contribution in [-0.2, 0) is 5.41 Å². The molecule has 1 heterocycles. The number of fused-ring (bicyclic) bond motifs is 4. The molecule has 0 bridgehead atoms. The van der Waals surface area contributed by atoms with Crippen molar-refractivity contribution in [3.8, 4) is 89.5 Å². The summed E-state index contributed by atoms with van der Waals surface area (Å²) in [4.78, 5) is 10.7. The van der Waals surface area contributed by atoms with E-state index in [0.717, 1.165) is 39.2 Å². The highest BCUT2D eigenvalue weighted by Gasteiger charge is 2.37. The summed E-state index contributed by atoms with van der Waals surface area (Å²) in [6, 6.07) is 78.5. The monoisotopic (exact) mass is 778 g/mol. The average Bonchev–Trinajstić information content (AvgIpc) is 3.56. The van der Waals surface area contributed by atoms with Crippen LogP contribution in [0.2, 0.25) is 0 Å². The van der Waals surface area contributed by atoms with Crippen molar-refractivity contribution in [1.82, 2.24) is 9.97 Å². The molecular weight excluding hydrogens is 737 g/mol. The molecule has 1 aliphatic carbocycles. The molecule has 0 unspecified atom stereocenters. The molecule has 0 aliphatic heterocycles. The Morgan fingerprint density at radius 2 is 0.738 bits per heavy atom. The van der Waals surface area contributed by atoms with E-state index in [1.165, 1.54) is 66.4 Å². The highest BCUT2D eigenvalue weighted by Crippen LogP contribution is 2.53. The van der Waals surface area contributed by atoms with Crippen LogP contribution in [-0.4, -0.2) is 9.97 Å². The number of nitrogens with zero attached hydrogens (tertiary/aromatic N) is 2. The lowest BCUT2D eigenvalue weighted by atomic mass is 9.81. The topological polar surface area (TPSA) is 25.8 Å². The zero-order valence-corrected chi connectivity index (χ0v) is 34.2. The second kappa shape index (κ2) is 14.9. The first-order valence-electron chi connectivity index (χ1n) is 21.1. The third kappa shape index (κ3) is 6.54. The molecule has 9 aromatic carbocycles. The van der Waals surface area contributed by atoms with Gasteiger partial charge in [0.15, 0.2) is 5.82 Å². The second-order valence-electron chi connectivity index (χ2n) is 16.6. The Morgan fingerprint density at radius 1 is 0.295 bits per heavy atom. The lowest BCUT2D eigenvalue weighted by Crippen LogP contribution is -2.14. The highest BCUT2D eigenvalue weighted by molar-refractivity contribution is 5.99. The van der Waals surface area contributed by atoms with Crippen LogP contribution in [0.1, 0.15) is 25.0 Å². The van der Waals surface area contributed by atoms with Gasteiger partial charge in [0, 0.05) is 22.1 Å². The van der Waals surface area contributed by atoms with Gasteiger partial charge in [-0.1, -0.05) is 208 Å². The fourth-order valence-electron chi connectivity index (χ4n) is 9.29. The van der Waals surface area contributed by atoms with E-state index in [1.807, 2.05) is 0 Å². The standard InChI is InChI=1S/C59H42N2/c1-59(2)53-26-14-25-50(57(53)52-36-45-19-9-10-20-46(45)37-54(52)59)48-22-13-21-47(35-48)49-23-11-12-24-51(49)58-60-55(43-31-27-41(28-32-43)39-15-5-3-6-16-39)38-56(61-58)44-33-29-42(30-34-44)40-17-7-4-8-18-40/h3-38H,1-2H3. The molecule has 0 fully saturated rings. The molecule has 0 atom stereocenters. The zero-order chi connectivity index (χ0) is 40.9. The van der Waals surface area contributed by atoms with Crippen LogP contribution in [0.25, 0.3) is 100 Å². The average molecular weight is 779 g/mol. The van der Waals surface area contributed by atoms with Gasteiger partial charge in [-0.15, -0.1) is 0 Å². The van der Waals surface area contributed by atoms with Crippen molar-refractivity contribution >= 4 is 10.8 Å². The van der Waals surface area contributed by atoms with Crippen molar-refractivity contribution in [1.29, 1.82) is 0 Å². The molecule has 2 nitrogen and oxygen atoms in total. The normalized spacial score (nSPS) is 12.6. The van der Waals surface area contributed by atoms with Gasteiger partial charge in [-0.3, -0.25) is 0 Å². The van der Waals surface area contributed by atoms with Crippen LogP contribution in [0.3, 0.4) is 0 Å². The predicted molar refractivity (Wildman–Crippen MR) is 255 cm³/mol. The number of aromatic nitrogens is 2. The molecule has 0 saturated heterocycles. The van der Waals surface area contributed by atoms with Gasteiger partial charge in [-0.2, -0.15) is 0 Å². The van der Waals surface area contributed by atoms with E-state index in [-0.39, 0.29) is 5.41 Å². The predicted octanol–water partition coefficient (Wildman–Crippen LogP) is 15.6. The van der Waals surface area contributed by atoms with Crippen LogP contribution in [0.5, 0.6) is 0 Å². The van der Waals surface area contributed by atoms with Gasteiger partial charge in [0.25, 0.3) is 0 Å². The maximum atomic E-state index is 5.34. The van der Waals surface area contributed by atoms with Gasteiger partial charge in [0.2, 0.25) is 0 Å². The lowest BCUT2D eigenvalue weighted by molar-refractivity contribution is 0.661.